The molecule has 70 valence electrons. The topological polar surface area (TPSA) is 29.1 Å². The lowest BCUT2D eigenvalue weighted by Crippen LogP contribution is -2.34. The van der Waals surface area contributed by atoms with Crippen LogP contribution >= 0.6 is 24.4 Å². The van der Waals surface area contributed by atoms with Gasteiger partial charge in [-0.05, 0) is 25.5 Å². The largest absolute Gasteiger partial charge is 0.354 e. The van der Waals surface area contributed by atoms with Gasteiger partial charge in [0.15, 0.2) is 0 Å². The third-order valence-electron chi connectivity index (χ3n) is 1.91. The van der Waals surface area contributed by atoms with Crippen molar-refractivity contribution in [2.24, 2.45) is 0 Å². The van der Waals surface area contributed by atoms with Gasteiger partial charge in [0.25, 0.3) is 0 Å². The van der Waals surface area contributed by atoms with E-state index in [0.717, 1.165) is 6.54 Å². The van der Waals surface area contributed by atoms with Crippen LogP contribution in [0.25, 0.3) is 0 Å². The Hall–Kier alpha value is 0.170. The minimum atomic E-state index is -0.184. The molecular weight excluding hydrogens is 190 g/mol. The van der Waals surface area contributed by atoms with E-state index in [-0.39, 0.29) is 11.2 Å². The van der Waals surface area contributed by atoms with Gasteiger partial charge in [-0.25, -0.2) is 0 Å². The average Bonchev–Trinajstić information content (AvgIpc) is 2.51. The summed E-state index contributed by atoms with van der Waals surface area (Å²) < 4.78 is 0. The normalized spacial score (nSPS) is 25.3. The Labute approximate surface area is 83.3 Å². The van der Waals surface area contributed by atoms with E-state index in [4.69, 9.17) is 0 Å². The van der Waals surface area contributed by atoms with Gasteiger partial charge in [-0.1, -0.05) is 0 Å². The summed E-state index contributed by atoms with van der Waals surface area (Å²) in [4.78, 5) is 11.1. The summed E-state index contributed by atoms with van der Waals surface area (Å²) in [6.07, 6.45) is 2.54. The fourth-order valence-corrected chi connectivity index (χ4v) is 2.46. The van der Waals surface area contributed by atoms with Crippen LogP contribution < -0.4 is 5.32 Å². The van der Waals surface area contributed by atoms with Crippen LogP contribution in [0.1, 0.15) is 19.8 Å². The van der Waals surface area contributed by atoms with E-state index in [9.17, 15) is 4.79 Å². The standard InChI is InChI=1S/C8H15NOS2/c1-6(11)8(10)9-5-7-3-2-4-12-7/h6-7,11H,2-5H2,1H3,(H,9,10). The van der Waals surface area contributed by atoms with Crippen molar-refractivity contribution in [2.45, 2.75) is 30.3 Å². The lowest BCUT2D eigenvalue weighted by Gasteiger charge is -2.11. The molecule has 0 aromatic carbocycles. The number of amides is 1. The second-order valence-corrected chi connectivity index (χ2v) is 5.24. The van der Waals surface area contributed by atoms with Crippen molar-refractivity contribution in [3.05, 3.63) is 0 Å². The smallest absolute Gasteiger partial charge is 0.232 e. The SMILES string of the molecule is CC(S)C(=O)NCC1CCCS1. The van der Waals surface area contributed by atoms with E-state index >= 15 is 0 Å². The second kappa shape index (κ2) is 5.02. The average molecular weight is 205 g/mol. The van der Waals surface area contributed by atoms with Gasteiger partial charge in [-0.3, -0.25) is 4.79 Å². The quantitative estimate of drug-likeness (QED) is 0.680. The minimum Gasteiger partial charge on any atom is -0.354 e. The third kappa shape index (κ3) is 3.27. The summed E-state index contributed by atoms with van der Waals surface area (Å²) in [6.45, 7) is 2.61. The maximum Gasteiger partial charge on any atom is 0.232 e. The van der Waals surface area contributed by atoms with Crippen molar-refractivity contribution in [3.8, 4) is 0 Å². The Morgan fingerprint density at radius 3 is 3.08 bits per heavy atom. The molecule has 1 rings (SSSR count). The maximum absolute atomic E-state index is 11.1. The van der Waals surface area contributed by atoms with Crippen LogP contribution in [0.3, 0.4) is 0 Å². The van der Waals surface area contributed by atoms with Gasteiger partial charge >= 0.3 is 0 Å². The Balaban J connectivity index is 2.12. The summed E-state index contributed by atoms with van der Waals surface area (Å²) in [7, 11) is 0. The van der Waals surface area contributed by atoms with Crippen molar-refractivity contribution in [3.63, 3.8) is 0 Å². The summed E-state index contributed by atoms with van der Waals surface area (Å²) in [5, 5.41) is 3.34. The molecule has 2 atom stereocenters. The van der Waals surface area contributed by atoms with Gasteiger partial charge < -0.3 is 5.32 Å². The molecule has 4 heteroatoms. The number of nitrogens with one attached hydrogen (secondary N) is 1. The van der Waals surface area contributed by atoms with Crippen LogP contribution in [0.15, 0.2) is 0 Å². The zero-order chi connectivity index (χ0) is 8.97. The van der Waals surface area contributed by atoms with Crippen LogP contribution in [0, 0.1) is 0 Å². The lowest BCUT2D eigenvalue weighted by atomic mass is 10.2. The first-order chi connectivity index (χ1) is 5.70. The third-order valence-corrected chi connectivity index (χ3v) is 3.54. The van der Waals surface area contributed by atoms with E-state index in [0.29, 0.717) is 5.25 Å². The zero-order valence-electron chi connectivity index (χ0n) is 7.25. The Morgan fingerprint density at radius 1 is 1.83 bits per heavy atom. The molecule has 1 aliphatic heterocycles. The summed E-state index contributed by atoms with van der Waals surface area (Å²) in [5.41, 5.74) is 0. The molecule has 2 nitrogen and oxygen atoms in total. The predicted octanol–water partition coefficient (Wildman–Crippen LogP) is 1.32. The Bertz CT molecular complexity index is 155. The van der Waals surface area contributed by atoms with E-state index in [1.54, 1.807) is 6.92 Å². The molecule has 0 spiro atoms. The van der Waals surface area contributed by atoms with Gasteiger partial charge in [-0.2, -0.15) is 24.4 Å². The van der Waals surface area contributed by atoms with Crippen LogP contribution in [0.5, 0.6) is 0 Å². The highest BCUT2D eigenvalue weighted by molar-refractivity contribution is 8.00. The molecule has 1 amide bonds. The number of hydrogen-bond donors (Lipinski definition) is 2. The first kappa shape index (κ1) is 10.3. The molecule has 0 aromatic rings. The minimum absolute atomic E-state index is 0.0471. The summed E-state index contributed by atoms with van der Waals surface area (Å²) in [5.74, 6) is 1.29. The highest BCUT2D eigenvalue weighted by Crippen LogP contribution is 2.25. The molecular formula is C8H15NOS2. The van der Waals surface area contributed by atoms with E-state index < -0.39 is 0 Å². The van der Waals surface area contributed by atoms with Crippen LogP contribution in [0.2, 0.25) is 0 Å². The number of hydrogen-bond acceptors (Lipinski definition) is 3. The van der Waals surface area contributed by atoms with Crippen molar-refractivity contribution < 1.29 is 4.79 Å². The summed E-state index contributed by atoms with van der Waals surface area (Å²) >= 11 is 6.01. The van der Waals surface area contributed by atoms with Crippen molar-refractivity contribution >= 4 is 30.3 Å². The highest BCUT2D eigenvalue weighted by atomic mass is 32.2. The zero-order valence-corrected chi connectivity index (χ0v) is 8.96. The van der Waals surface area contributed by atoms with Gasteiger partial charge in [0.2, 0.25) is 5.91 Å². The number of carbonyl (C=O) groups is 1. The van der Waals surface area contributed by atoms with Crippen molar-refractivity contribution in [1.29, 1.82) is 0 Å². The predicted molar refractivity (Wildman–Crippen MR) is 56.9 cm³/mol. The fraction of sp³-hybridized carbons (Fsp3) is 0.875. The van der Waals surface area contributed by atoms with Crippen LogP contribution in [-0.4, -0.2) is 28.7 Å². The first-order valence-electron chi connectivity index (χ1n) is 4.27. The number of thiol groups is 1. The molecule has 1 aliphatic rings. The molecule has 0 bridgehead atoms. The second-order valence-electron chi connectivity index (χ2n) is 3.06. The van der Waals surface area contributed by atoms with Gasteiger partial charge in [0.1, 0.15) is 0 Å². The molecule has 0 saturated carbocycles. The van der Waals surface area contributed by atoms with Gasteiger partial charge in [0, 0.05) is 11.8 Å². The molecule has 12 heavy (non-hydrogen) atoms. The lowest BCUT2D eigenvalue weighted by molar-refractivity contribution is -0.120. The van der Waals surface area contributed by atoms with Gasteiger partial charge in [0.05, 0.1) is 5.25 Å². The molecule has 2 unspecified atom stereocenters. The number of rotatable bonds is 3. The Morgan fingerprint density at radius 2 is 2.58 bits per heavy atom. The fourth-order valence-electron chi connectivity index (χ4n) is 1.17. The van der Waals surface area contributed by atoms with E-state index in [1.165, 1.54) is 18.6 Å². The highest BCUT2D eigenvalue weighted by Gasteiger charge is 2.16. The number of thioether (sulfide) groups is 1. The van der Waals surface area contributed by atoms with Gasteiger partial charge in [-0.15, -0.1) is 0 Å². The summed E-state index contributed by atoms with van der Waals surface area (Å²) in [6, 6.07) is 0. The number of carbonyl (C=O) groups excluding carboxylic acids is 1. The van der Waals surface area contributed by atoms with Crippen molar-refractivity contribution in [1.82, 2.24) is 5.32 Å². The molecule has 1 saturated heterocycles. The molecule has 0 aromatic heterocycles. The molecule has 0 aliphatic carbocycles. The molecule has 0 radical (unpaired) electrons. The monoisotopic (exact) mass is 205 g/mol. The molecule has 1 fully saturated rings. The van der Waals surface area contributed by atoms with Crippen LogP contribution in [0.4, 0.5) is 0 Å². The van der Waals surface area contributed by atoms with Crippen LogP contribution in [-0.2, 0) is 4.79 Å². The van der Waals surface area contributed by atoms with E-state index in [1.807, 2.05) is 11.8 Å². The molecule has 1 N–H and O–H groups in total. The molecule has 1 heterocycles. The van der Waals surface area contributed by atoms with Crippen molar-refractivity contribution in [2.75, 3.05) is 12.3 Å². The Kier molecular flexibility index (Phi) is 4.29. The first-order valence-corrected chi connectivity index (χ1v) is 5.84. The maximum atomic E-state index is 11.1. The van der Waals surface area contributed by atoms with E-state index in [2.05, 4.69) is 17.9 Å².